The summed E-state index contributed by atoms with van der Waals surface area (Å²) in [5, 5.41) is 16.3. The lowest BCUT2D eigenvalue weighted by Crippen LogP contribution is -2.54. The Balaban J connectivity index is 1.64. The number of amides is 3. The molecule has 0 spiro atoms. The minimum Gasteiger partial charge on any atom is -0.481 e. The number of likely N-dealkylation sites (N-methyl/N-ethyl adjacent to an activating group) is 1. The van der Waals surface area contributed by atoms with Gasteiger partial charge in [0.15, 0.2) is 0 Å². The normalized spacial score (nSPS) is 12.4. The fourth-order valence-corrected chi connectivity index (χ4v) is 3.90. The zero-order valence-corrected chi connectivity index (χ0v) is 21.2. The van der Waals surface area contributed by atoms with E-state index in [0.29, 0.717) is 11.4 Å². The van der Waals surface area contributed by atoms with Gasteiger partial charge >= 0.3 is 18.1 Å². The second-order valence-corrected chi connectivity index (χ2v) is 9.22. The van der Waals surface area contributed by atoms with E-state index in [1.807, 2.05) is 24.3 Å². The van der Waals surface area contributed by atoms with Gasteiger partial charge in [0.2, 0.25) is 0 Å². The second kappa shape index (κ2) is 12.4. The number of carboxylic acid groups (broad SMARTS) is 1. The highest BCUT2D eigenvalue weighted by Gasteiger charge is 2.34. The zero-order valence-electron chi connectivity index (χ0n) is 20.5. The number of aliphatic carboxylic acids is 1. The standard InChI is InChI=1S/C26H28ClFN4O5/c1-26(11-5-8-23(33)34,32(2)24(35)30-15-19-9-10-20(28)13-21(19)27)16-37-25(36)31-22-12-17-6-3-4-7-18(17)14-29-22/h3-4,6-7,9-10,12-14H,5,8,11,15-16H2,1-2H3,(H,30,35)(H,33,34)(H,29,31,36). The van der Waals surface area contributed by atoms with Crippen molar-refractivity contribution in [3.8, 4) is 0 Å². The van der Waals surface area contributed by atoms with Crippen molar-refractivity contribution in [1.29, 1.82) is 0 Å². The lowest BCUT2D eigenvalue weighted by atomic mass is 9.94. The number of pyridine rings is 1. The Bertz CT molecular complexity index is 1290. The van der Waals surface area contributed by atoms with E-state index < -0.39 is 29.4 Å². The van der Waals surface area contributed by atoms with Crippen LogP contribution in [0.15, 0.2) is 54.7 Å². The first-order valence-corrected chi connectivity index (χ1v) is 11.9. The van der Waals surface area contributed by atoms with Gasteiger partial charge in [-0.3, -0.25) is 10.1 Å². The van der Waals surface area contributed by atoms with Crippen LogP contribution in [-0.4, -0.2) is 52.3 Å². The maximum Gasteiger partial charge on any atom is 0.412 e. The molecule has 3 N–H and O–H groups in total. The number of nitrogens with one attached hydrogen (secondary N) is 2. The Morgan fingerprint density at radius 2 is 1.89 bits per heavy atom. The predicted octanol–water partition coefficient (Wildman–Crippen LogP) is 5.43. The molecule has 11 heteroatoms. The van der Waals surface area contributed by atoms with E-state index in [4.69, 9.17) is 21.4 Å². The van der Waals surface area contributed by atoms with Gasteiger partial charge in [0.25, 0.3) is 0 Å². The molecule has 1 heterocycles. The van der Waals surface area contributed by atoms with Crippen LogP contribution in [0.3, 0.4) is 0 Å². The molecule has 1 atom stereocenters. The molecule has 3 aromatic rings. The number of ether oxygens (including phenoxy) is 1. The molecule has 0 fully saturated rings. The predicted molar refractivity (Wildman–Crippen MR) is 138 cm³/mol. The maximum absolute atomic E-state index is 13.3. The van der Waals surface area contributed by atoms with Crippen LogP contribution in [0.2, 0.25) is 5.02 Å². The van der Waals surface area contributed by atoms with Gasteiger partial charge in [-0.1, -0.05) is 41.9 Å². The molecule has 0 saturated carbocycles. The van der Waals surface area contributed by atoms with Gasteiger partial charge < -0.3 is 20.1 Å². The van der Waals surface area contributed by atoms with Gasteiger partial charge in [0, 0.05) is 36.6 Å². The summed E-state index contributed by atoms with van der Waals surface area (Å²) >= 11 is 6.03. The van der Waals surface area contributed by atoms with Gasteiger partial charge in [-0.15, -0.1) is 0 Å². The lowest BCUT2D eigenvalue weighted by Gasteiger charge is -2.38. The van der Waals surface area contributed by atoms with Gasteiger partial charge in [-0.05, 0) is 48.9 Å². The summed E-state index contributed by atoms with van der Waals surface area (Å²) in [6, 6.07) is 12.6. The summed E-state index contributed by atoms with van der Waals surface area (Å²) in [5.74, 6) is -1.16. The largest absolute Gasteiger partial charge is 0.481 e. The van der Waals surface area contributed by atoms with E-state index in [1.165, 1.54) is 24.1 Å². The first kappa shape index (κ1) is 27.7. The van der Waals surface area contributed by atoms with E-state index in [0.717, 1.165) is 16.8 Å². The van der Waals surface area contributed by atoms with E-state index >= 15 is 0 Å². The molecule has 9 nitrogen and oxygen atoms in total. The van der Waals surface area contributed by atoms with Crippen LogP contribution in [0.25, 0.3) is 10.8 Å². The van der Waals surface area contributed by atoms with Crippen molar-refractivity contribution >= 4 is 46.3 Å². The Kier molecular flexibility index (Phi) is 9.24. The van der Waals surface area contributed by atoms with Crippen molar-refractivity contribution in [3.63, 3.8) is 0 Å². The number of anilines is 1. The van der Waals surface area contributed by atoms with Crippen molar-refractivity contribution < 1.29 is 28.6 Å². The highest BCUT2D eigenvalue weighted by molar-refractivity contribution is 6.31. The maximum atomic E-state index is 13.3. The Morgan fingerprint density at radius 1 is 1.16 bits per heavy atom. The van der Waals surface area contributed by atoms with Crippen LogP contribution >= 0.6 is 11.6 Å². The van der Waals surface area contributed by atoms with Crippen molar-refractivity contribution in [2.75, 3.05) is 19.0 Å². The van der Waals surface area contributed by atoms with Crippen LogP contribution < -0.4 is 10.6 Å². The smallest absolute Gasteiger partial charge is 0.412 e. The molecule has 0 aliphatic heterocycles. The second-order valence-electron chi connectivity index (χ2n) is 8.82. The number of hydrogen-bond acceptors (Lipinski definition) is 5. The summed E-state index contributed by atoms with van der Waals surface area (Å²) in [5.41, 5.74) is -0.504. The van der Waals surface area contributed by atoms with Crippen LogP contribution in [0.5, 0.6) is 0 Å². The molecule has 2 aromatic carbocycles. The molecule has 0 aliphatic rings. The summed E-state index contributed by atoms with van der Waals surface area (Å²) in [6.07, 6.45) is 1.27. The number of nitrogens with zero attached hydrogens (tertiary/aromatic N) is 2. The number of aromatic nitrogens is 1. The van der Waals surface area contributed by atoms with Crippen molar-refractivity contribution in [1.82, 2.24) is 15.2 Å². The number of hydrogen-bond donors (Lipinski definition) is 3. The highest BCUT2D eigenvalue weighted by atomic mass is 35.5. The van der Waals surface area contributed by atoms with Crippen molar-refractivity contribution in [2.45, 2.75) is 38.3 Å². The number of carbonyl (C=O) groups is 3. The third-order valence-corrected chi connectivity index (χ3v) is 6.39. The Hall–Kier alpha value is -3.92. The average Bonchev–Trinajstić information content (AvgIpc) is 2.86. The summed E-state index contributed by atoms with van der Waals surface area (Å²) in [7, 11) is 1.52. The summed E-state index contributed by atoms with van der Waals surface area (Å²) in [6.45, 7) is 1.54. The van der Waals surface area contributed by atoms with Gasteiger partial charge in [-0.2, -0.15) is 0 Å². The van der Waals surface area contributed by atoms with Crippen molar-refractivity contribution in [3.05, 3.63) is 71.1 Å². The topological polar surface area (TPSA) is 121 Å². The number of halogens is 2. The Morgan fingerprint density at radius 3 is 2.59 bits per heavy atom. The molecule has 37 heavy (non-hydrogen) atoms. The molecule has 0 bridgehead atoms. The van der Waals surface area contributed by atoms with E-state index in [-0.39, 0.29) is 37.4 Å². The number of rotatable bonds is 10. The zero-order chi connectivity index (χ0) is 27.0. The minimum atomic E-state index is -1.03. The quantitative estimate of drug-likeness (QED) is 0.321. The Labute approximate surface area is 218 Å². The van der Waals surface area contributed by atoms with E-state index in [2.05, 4.69) is 15.6 Å². The first-order chi connectivity index (χ1) is 17.6. The minimum absolute atomic E-state index is 0.0441. The number of carbonyl (C=O) groups excluding carboxylic acids is 2. The molecule has 3 rings (SSSR count). The molecule has 1 aromatic heterocycles. The fraction of sp³-hybridized carbons (Fsp3) is 0.308. The molecule has 3 amide bonds. The highest BCUT2D eigenvalue weighted by Crippen LogP contribution is 2.23. The number of fused-ring (bicyclic) bond motifs is 1. The van der Waals surface area contributed by atoms with Crippen LogP contribution in [0.1, 0.15) is 31.7 Å². The van der Waals surface area contributed by atoms with Crippen LogP contribution in [0, 0.1) is 5.82 Å². The van der Waals surface area contributed by atoms with Gasteiger partial charge in [0.05, 0.1) is 5.54 Å². The molecule has 1 unspecified atom stereocenters. The first-order valence-electron chi connectivity index (χ1n) is 11.5. The third kappa shape index (κ3) is 7.78. The van der Waals surface area contributed by atoms with Crippen molar-refractivity contribution in [2.24, 2.45) is 0 Å². The average molecular weight is 531 g/mol. The number of carboxylic acids is 1. The third-order valence-electron chi connectivity index (χ3n) is 6.04. The SMILES string of the molecule is CN(C(=O)NCc1ccc(F)cc1Cl)C(C)(CCCC(=O)O)COC(=O)Nc1cc2ccccc2cn1. The summed E-state index contributed by atoms with van der Waals surface area (Å²) < 4.78 is 18.7. The molecule has 0 saturated heterocycles. The molecular formula is C26H28ClFN4O5. The van der Waals surface area contributed by atoms with E-state index in [1.54, 1.807) is 19.2 Å². The molecular weight excluding hydrogens is 503 g/mol. The van der Waals surface area contributed by atoms with Crippen LogP contribution in [0.4, 0.5) is 19.8 Å². The summed E-state index contributed by atoms with van der Waals surface area (Å²) in [4.78, 5) is 42.0. The van der Waals surface area contributed by atoms with Gasteiger partial charge in [0.1, 0.15) is 18.2 Å². The molecule has 196 valence electrons. The fourth-order valence-electron chi connectivity index (χ4n) is 3.67. The number of urea groups is 1. The van der Waals surface area contributed by atoms with Gasteiger partial charge in [-0.25, -0.2) is 19.0 Å². The lowest BCUT2D eigenvalue weighted by molar-refractivity contribution is -0.137. The monoisotopic (exact) mass is 530 g/mol. The number of benzene rings is 2. The molecule has 0 radical (unpaired) electrons. The molecule has 0 aliphatic carbocycles. The van der Waals surface area contributed by atoms with Crippen LogP contribution in [-0.2, 0) is 16.1 Å². The van der Waals surface area contributed by atoms with E-state index in [9.17, 15) is 18.8 Å².